The molecular formula is C16H27N3. The van der Waals surface area contributed by atoms with E-state index in [-0.39, 0.29) is 6.04 Å². The molecule has 1 unspecified atom stereocenters. The molecule has 0 radical (unpaired) electrons. The Morgan fingerprint density at radius 3 is 2.47 bits per heavy atom. The summed E-state index contributed by atoms with van der Waals surface area (Å²) in [6, 6.07) is 2.28. The molecule has 106 valence electrons. The van der Waals surface area contributed by atoms with Crippen molar-refractivity contribution in [3.8, 4) is 0 Å². The van der Waals surface area contributed by atoms with Crippen molar-refractivity contribution >= 4 is 0 Å². The van der Waals surface area contributed by atoms with E-state index in [4.69, 9.17) is 5.73 Å². The van der Waals surface area contributed by atoms with Gasteiger partial charge in [0.1, 0.15) is 0 Å². The molecule has 1 fully saturated rings. The lowest BCUT2D eigenvalue weighted by molar-refractivity contribution is 0.239. The molecule has 1 aromatic rings. The molecule has 1 aliphatic rings. The van der Waals surface area contributed by atoms with Crippen LogP contribution in [0.25, 0.3) is 0 Å². The topological polar surface area (TPSA) is 51.8 Å². The standard InChI is InChI=1S/C16H27N3/c1-4-12-6-8-13(9-7-12)16(17)14-10-11(3)18-19-15(14)5-2/h10,12-13,16H,4-9,17H2,1-3H3. The van der Waals surface area contributed by atoms with Crippen LogP contribution in [0.4, 0.5) is 0 Å². The Labute approximate surface area is 117 Å². The fourth-order valence-electron chi connectivity index (χ4n) is 3.31. The summed E-state index contributed by atoms with van der Waals surface area (Å²) < 4.78 is 0. The maximum Gasteiger partial charge on any atom is 0.0676 e. The lowest BCUT2D eigenvalue weighted by Crippen LogP contribution is -2.27. The zero-order valence-electron chi connectivity index (χ0n) is 12.5. The first-order valence-electron chi connectivity index (χ1n) is 7.74. The highest BCUT2D eigenvalue weighted by Crippen LogP contribution is 2.37. The van der Waals surface area contributed by atoms with E-state index in [0.717, 1.165) is 23.7 Å². The minimum Gasteiger partial charge on any atom is -0.324 e. The van der Waals surface area contributed by atoms with E-state index in [1.165, 1.54) is 37.7 Å². The van der Waals surface area contributed by atoms with Crippen LogP contribution in [0.2, 0.25) is 0 Å². The molecule has 3 heteroatoms. The normalized spacial score (nSPS) is 25.3. The van der Waals surface area contributed by atoms with Gasteiger partial charge in [0.25, 0.3) is 0 Å². The first-order chi connectivity index (χ1) is 9.15. The summed E-state index contributed by atoms with van der Waals surface area (Å²) in [6.45, 7) is 6.43. The van der Waals surface area contributed by atoms with Gasteiger partial charge in [-0.05, 0) is 49.7 Å². The molecular weight excluding hydrogens is 234 g/mol. The Morgan fingerprint density at radius 2 is 1.89 bits per heavy atom. The van der Waals surface area contributed by atoms with E-state index in [1.807, 2.05) is 6.92 Å². The Morgan fingerprint density at radius 1 is 1.21 bits per heavy atom. The van der Waals surface area contributed by atoms with Gasteiger partial charge in [-0.25, -0.2) is 0 Å². The zero-order valence-corrected chi connectivity index (χ0v) is 12.5. The average molecular weight is 261 g/mol. The lowest BCUT2D eigenvalue weighted by Gasteiger charge is -2.32. The first kappa shape index (κ1) is 14.4. The molecule has 2 rings (SSSR count). The van der Waals surface area contributed by atoms with Crippen LogP contribution in [0.5, 0.6) is 0 Å². The van der Waals surface area contributed by atoms with Gasteiger partial charge in [-0.2, -0.15) is 10.2 Å². The summed E-state index contributed by atoms with van der Waals surface area (Å²) >= 11 is 0. The van der Waals surface area contributed by atoms with E-state index >= 15 is 0 Å². The fraction of sp³-hybridized carbons (Fsp3) is 0.750. The molecule has 0 bridgehead atoms. The van der Waals surface area contributed by atoms with Crippen LogP contribution in [-0.4, -0.2) is 10.2 Å². The molecule has 3 nitrogen and oxygen atoms in total. The number of aromatic nitrogens is 2. The van der Waals surface area contributed by atoms with Gasteiger partial charge >= 0.3 is 0 Å². The molecule has 19 heavy (non-hydrogen) atoms. The SMILES string of the molecule is CCc1nnc(C)cc1C(N)C1CCC(CC)CC1. The van der Waals surface area contributed by atoms with Crippen molar-refractivity contribution in [1.82, 2.24) is 10.2 Å². The molecule has 2 N–H and O–H groups in total. The molecule has 1 heterocycles. The van der Waals surface area contributed by atoms with Gasteiger partial charge in [0.15, 0.2) is 0 Å². The van der Waals surface area contributed by atoms with Crippen molar-refractivity contribution in [3.63, 3.8) is 0 Å². The summed E-state index contributed by atoms with van der Waals surface area (Å²) in [6.07, 6.45) is 7.45. The maximum absolute atomic E-state index is 6.53. The summed E-state index contributed by atoms with van der Waals surface area (Å²) in [7, 11) is 0. The second kappa shape index (κ2) is 6.47. The van der Waals surface area contributed by atoms with Crippen molar-refractivity contribution in [2.45, 2.75) is 65.3 Å². The molecule has 1 aliphatic carbocycles. The maximum atomic E-state index is 6.53. The number of hydrogen-bond donors (Lipinski definition) is 1. The summed E-state index contributed by atoms with van der Waals surface area (Å²) in [5.74, 6) is 1.54. The highest BCUT2D eigenvalue weighted by molar-refractivity contribution is 5.25. The van der Waals surface area contributed by atoms with Crippen LogP contribution in [0.3, 0.4) is 0 Å². The van der Waals surface area contributed by atoms with Crippen molar-refractivity contribution in [3.05, 3.63) is 23.0 Å². The largest absolute Gasteiger partial charge is 0.324 e. The van der Waals surface area contributed by atoms with Crippen LogP contribution in [0.15, 0.2) is 6.07 Å². The van der Waals surface area contributed by atoms with Gasteiger partial charge in [-0.1, -0.05) is 33.1 Å². The van der Waals surface area contributed by atoms with Gasteiger partial charge in [0, 0.05) is 6.04 Å². The highest BCUT2D eigenvalue weighted by atomic mass is 15.1. The number of aryl methyl sites for hydroxylation is 2. The van der Waals surface area contributed by atoms with Crippen LogP contribution in [-0.2, 0) is 6.42 Å². The van der Waals surface area contributed by atoms with E-state index in [1.54, 1.807) is 0 Å². The summed E-state index contributed by atoms with van der Waals surface area (Å²) in [4.78, 5) is 0. The van der Waals surface area contributed by atoms with Gasteiger partial charge in [-0.15, -0.1) is 0 Å². The van der Waals surface area contributed by atoms with Crippen molar-refractivity contribution in [1.29, 1.82) is 0 Å². The molecule has 0 aliphatic heterocycles. The summed E-state index contributed by atoms with van der Waals surface area (Å²) in [5, 5.41) is 8.47. The van der Waals surface area contributed by atoms with Gasteiger partial charge < -0.3 is 5.73 Å². The lowest BCUT2D eigenvalue weighted by atomic mass is 9.76. The van der Waals surface area contributed by atoms with E-state index in [2.05, 4.69) is 30.1 Å². The number of nitrogens with zero attached hydrogens (tertiary/aromatic N) is 2. The van der Waals surface area contributed by atoms with Crippen LogP contribution >= 0.6 is 0 Å². The second-order valence-corrected chi connectivity index (χ2v) is 5.96. The minimum atomic E-state index is 0.141. The first-order valence-corrected chi connectivity index (χ1v) is 7.74. The van der Waals surface area contributed by atoms with Gasteiger partial charge in [0.05, 0.1) is 11.4 Å². The quantitative estimate of drug-likeness (QED) is 0.901. The van der Waals surface area contributed by atoms with E-state index in [9.17, 15) is 0 Å². The second-order valence-electron chi connectivity index (χ2n) is 5.96. The zero-order chi connectivity index (χ0) is 13.8. The predicted molar refractivity (Wildman–Crippen MR) is 78.8 cm³/mol. The minimum absolute atomic E-state index is 0.141. The third-order valence-corrected chi connectivity index (χ3v) is 4.70. The average Bonchev–Trinajstić information content (AvgIpc) is 2.46. The number of hydrogen-bond acceptors (Lipinski definition) is 3. The highest BCUT2D eigenvalue weighted by Gasteiger charge is 2.27. The molecule has 0 saturated heterocycles. The van der Waals surface area contributed by atoms with Crippen molar-refractivity contribution < 1.29 is 0 Å². The fourth-order valence-corrected chi connectivity index (χ4v) is 3.31. The predicted octanol–water partition coefficient (Wildman–Crippen LogP) is 3.56. The monoisotopic (exact) mass is 261 g/mol. The van der Waals surface area contributed by atoms with Crippen LogP contribution in [0.1, 0.15) is 68.9 Å². The third-order valence-electron chi connectivity index (χ3n) is 4.70. The van der Waals surface area contributed by atoms with Gasteiger partial charge in [0.2, 0.25) is 0 Å². The Hall–Kier alpha value is -0.960. The smallest absolute Gasteiger partial charge is 0.0676 e. The molecule has 1 aromatic heterocycles. The van der Waals surface area contributed by atoms with E-state index < -0.39 is 0 Å². The molecule has 0 spiro atoms. The Balaban J connectivity index is 2.11. The van der Waals surface area contributed by atoms with Crippen LogP contribution in [0, 0.1) is 18.8 Å². The molecule has 1 atom stereocenters. The molecule has 1 saturated carbocycles. The van der Waals surface area contributed by atoms with Crippen molar-refractivity contribution in [2.75, 3.05) is 0 Å². The molecule has 0 aromatic carbocycles. The van der Waals surface area contributed by atoms with Gasteiger partial charge in [-0.3, -0.25) is 0 Å². The summed E-state index contributed by atoms with van der Waals surface area (Å²) in [5.41, 5.74) is 9.82. The van der Waals surface area contributed by atoms with E-state index in [0.29, 0.717) is 5.92 Å². The Bertz CT molecular complexity index is 408. The Kier molecular flexibility index (Phi) is 4.92. The van der Waals surface area contributed by atoms with Crippen LogP contribution < -0.4 is 5.73 Å². The third kappa shape index (κ3) is 3.33. The number of nitrogens with two attached hydrogens (primary N) is 1. The number of rotatable bonds is 4. The molecule has 0 amide bonds. The van der Waals surface area contributed by atoms with Crippen molar-refractivity contribution in [2.24, 2.45) is 17.6 Å².